The van der Waals surface area contributed by atoms with E-state index in [0.29, 0.717) is 25.2 Å². The molecule has 0 aromatic carbocycles. The summed E-state index contributed by atoms with van der Waals surface area (Å²) in [6, 6.07) is 0.779. The topological polar surface area (TPSA) is 64.1 Å². The molecule has 0 aliphatic carbocycles. The summed E-state index contributed by atoms with van der Waals surface area (Å²) in [4.78, 5) is 29.3. The molecule has 6 heteroatoms. The molecule has 0 saturated carbocycles. The Bertz CT molecular complexity index is 383. The maximum Gasteiger partial charge on any atom is 0.320 e. The van der Waals surface area contributed by atoms with Crippen LogP contribution in [-0.2, 0) is 4.79 Å². The lowest BCUT2D eigenvalue weighted by Crippen LogP contribution is -2.63. The van der Waals surface area contributed by atoms with E-state index in [2.05, 4.69) is 25.8 Å². The summed E-state index contributed by atoms with van der Waals surface area (Å²) < 4.78 is 0. The smallest absolute Gasteiger partial charge is 0.320 e. The quantitative estimate of drug-likeness (QED) is 0.813. The molecule has 20 heavy (non-hydrogen) atoms. The van der Waals surface area contributed by atoms with Gasteiger partial charge in [-0.3, -0.25) is 9.69 Å². The molecule has 0 bridgehead atoms. The van der Waals surface area contributed by atoms with Gasteiger partial charge in [0.15, 0.2) is 0 Å². The number of hydrogen-bond acceptors (Lipinski definition) is 3. The molecule has 2 amide bonds. The van der Waals surface area contributed by atoms with Crippen LogP contribution in [0, 0.1) is 11.8 Å². The van der Waals surface area contributed by atoms with Gasteiger partial charge in [-0.05, 0) is 20.9 Å². The average molecular weight is 283 g/mol. The number of carbonyl (C=O) groups excluding carboxylic acids is 1. The minimum atomic E-state index is -0.774. The number of urea groups is 1. The van der Waals surface area contributed by atoms with E-state index < -0.39 is 5.97 Å². The van der Waals surface area contributed by atoms with E-state index in [-0.39, 0.29) is 17.9 Å². The van der Waals surface area contributed by atoms with Crippen LogP contribution in [0.4, 0.5) is 4.79 Å². The normalized spacial score (nSPS) is 30.0. The molecular formula is C14H25N3O3. The molecule has 2 heterocycles. The van der Waals surface area contributed by atoms with Crippen molar-refractivity contribution in [2.45, 2.75) is 32.9 Å². The zero-order valence-electron chi connectivity index (χ0n) is 12.7. The highest BCUT2D eigenvalue weighted by Gasteiger charge is 2.40. The van der Waals surface area contributed by atoms with Crippen LogP contribution in [0.3, 0.4) is 0 Å². The number of likely N-dealkylation sites (tertiary alicyclic amines) is 1. The summed E-state index contributed by atoms with van der Waals surface area (Å²) in [6.45, 7) is 8.60. The molecular weight excluding hydrogens is 258 g/mol. The highest BCUT2D eigenvalue weighted by Crippen LogP contribution is 2.26. The third-order valence-electron chi connectivity index (χ3n) is 4.91. The van der Waals surface area contributed by atoms with Gasteiger partial charge in [0, 0.05) is 44.2 Å². The summed E-state index contributed by atoms with van der Waals surface area (Å²) >= 11 is 0. The van der Waals surface area contributed by atoms with E-state index >= 15 is 0 Å². The molecule has 3 unspecified atom stereocenters. The number of carbonyl (C=O) groups is 2. The van der Waals surface area contributed by atoms with Crippen LogP contribution in [0.15, 0.2) is 0 Å². The zero-order valence-corrected chi connectivity index (χ0v) is 12.7. The first-order chi connectivity index (χ1) is 9.31. The fourth-order valence-corrected chi connectivity index (χ4v) is 2.95. The number of carboxylic acid groups (broad SMARTS) is 1. The van der Waals surface area contributed by atoms with Crippen molar-refractivity contribution in [1.82, 2.24) is 14.7 Å². The Morgan fingerprint density at radius 3 is 1.95 bits per heavy atom. The van der Waals surface area contributed by atoms with Crippen molar-refractivity contribution in [2.24, 2.45) is 11.8 Å². The maximum absolute atomic E-state index is 12.4. The zero-order chi connectivity index (χ0) is 15.0. The van der Waals surface area contributed by atoms with Gasteiger partial charge in [-0.25, -0.2) is 4.79 Å². The van der Waals surface area contributed by atoms with Crippen LogP contribution in [0.1, 0.15) is 20.8 Å². The van der Waals surface area contributed by atoms with Crippen molar-refractivity contribution in [1.29, 1.82) is 0 Å². The molecule has 3 atom stereocenters. The SMILES string of the molecule is CC(C(=O)O)C1CN(C(=O)N2CC(C)N(C)C(C)C2)C1. The lowest BCUT2D eigenvalue weighted by atomic mass is 9.87. The van der Waals surface area contributed by atoms with Gasteiger partial charge in [0.2, 0.25) is 0 Å². The van der Waals surface area contributed by atoms with Gasteiger partial charge in [-0.2, -0.15) is 0 Å². The van der Waals surface area contributed by atoms with Crippen molar-refractivity contribution in [3.8, 4) is 0 Å². The van der Waals surface area contributed by atoms with Crippen molar-refractivity contribution in [2.75, 3.05) is 33.2 Å². The molecule has 0 aromatic heterocycles. The van der Waals surface area contributed by atoms with E-state index in [9.17, 15) is 9.59 Å². The Balaban J connectivity index is 1.86. The number of aliphatic carboxylic acids is 1. The van der Waals surface area contributed by atoms with Gasteiger partial charge in [0.25, 0.3) is 0 Å². The number of nitrogens with zero attached hydrogens (tertiary/aromatic N) is 3. The molecule has 2 fully saturated rings. The molecule has 6 nitrogen and oxygen atoms in total. The van der Waals surface area contributed by atoms with Crippen molar-refractivity contribution in [3.05, 3.63) is 0 Å². The standard InChI is InChI=1S/C14H25N3O3/c1-9-5-16(6-10(2)15(9)4)14(20)17-7-12(8-17)11(3)13(18)19/h9-12H,5-8H2,1-4H3,(H,18,19). The minimum Gasteiger partial charge on any atom is -0.481 e. The van der Waals surface area contributed by atoms with Crippen LogP contribution < -0.4 is 0 Å². The Morgan fingerprint density at radius 1 is 1.05 bits per heavy atom. The number of piperazine rings is 1. The monoisotopic (exact) mass is 283 g/mol. The predicted molar refractivity (Wildman–Crippen MR) is 75.5 cm³/mol. The second-order valence-corrected chi connectivity index (χ2v) is 6.34. The summed E-state index contributed by atoms with van der Waals surface area (Å²) in [6.07, 6.45) is 0. The van der Waals surface area contributed by atoms with Gasteiger partial charge in [0.1, 0.15) is 0 Å². The van der Waals surface area contributed by atoms with E-state index in [0.717, 1.165) is 13.1 Å². The number of carboxylic acids is 1. The Morgan fingerprint density at radius 2 is 1.50 bits per heavy atom. The Kier molecular flexibility index (Phi) is 4.22. The molecule has 2 aliphatic heterocycles. The van der Waals surface area contributed by atoms with Crippen LogP contribution in [-0.4, -0.2) is 77.1 Å². The van der Waals surface area contributed by atoms with Crippen LogP contribution in [0.5, 0.6) is 0 Å². The molecule has 0 radical (unpaired) electrons. The average Bonchev–Trinajstić information content (AvgIpc) is 2.32. The molecule has 0 spiro atoms. The third kappa shape index (κ3) is 2.75. The van der Waals surface area contributed by atoms with E-state index in [1.54, 1.807) is 11.8 Å². The predicted octanol–water partition coefficient (Wildman–Crippen LogP) is 0.783. The third-order valence-corrected chi connectivity index (χ3v) is 4.91. The summed E-state index contributed by atoms with van der Waals surface area (Å²) in [5.74, 6) is -1.05. The van der Waals surface area contributed by atoms with Gasteiger partial charge in [-0.15, -0.1) is 0 Å². The number of rotatable bonds is 2. The van der Waals surface area contributed by atoms with Crippen LogP contribution in [0.25, 0.3) is 0 Å². The molecule has 2 aliphatic rings. The Hall–Kier alpha value is -1.30. The number of likely N-dealkylation sites (N-methyl/N-ethyl adjacent to an activating group) is 1. The van der Waals surface area contributed by atoms with Crippen LogP contribution >= 0.6 is 0 Å². The fourth-order valence-electron chi connectivity index (χ4n) is 2.95. The lowest BCUT2D eigenvalue weighted by molar-refractivity contribution is -0.145. The first-order valence-electron chi connectivity index (χ1n) is 7.29. The number of hydrogen-bond donors (Lipinski definition) is 1. The first-order valence-corrected chi connectivity index (χ1v) is 7.29. The van der Waals surface area contributed by atoms with Crippen molar-refractivity contribution in [3.63, 3.8) is 0 Å². The van der Waals surface area contributed by atoms with Crippen molar-refractivity contribution >= 4 is 12.0 Å². The summed E-state index contributed by atoms with van der Waals surface area (Å²) in [7, 11) is 2.09. The van der Waals surface area contributed by atoms with Gasteiger partial charge in [0.05, 0.1) is 5.92 Å². The minimum absolute atomic E-state index is 0.0608. The summed E-state index contributed by atoms with van der Waals surface area (Å²) in [5, 5.41) is 8.97. The van der Waals surface area contributed by atoms with Gasteiger partial charge < -0.3 is 14.9 Å². The first kappa shape index (κ1) is 15.1. The summed E-state index contributed by atoms with van der Waals surface area (Å²) in [5.41, 5.74) is 0. The number of amides is 2. The molecule has 2 rings (SSSR count). The highest BCUT2D eigenvalue weighted by molar-refractivity contribution is 5.76. The highest BCUT2D eigenvalue weighted by atomic mass is 16.4. The van der Waals surface area contributed by atoms with E-state index in [4.69, 9.17) is 5.11 Å². The Labute approximate surface area is 120 Å². The van der Waals surface area contributed by atoms with Crippen LogP contribution in [0.2, 0.25) is 0 Å². The molecule has 114 valence electrons. The second-order valence-electron chi connectivity index (χ2n) is 6.34. The van der Waals surface area contributed by atoms with E-state index in [1.165, 1.54) is 0 Å². The molecule has 1 N–H and O–H groups in total. The molecule has 2 saturated heterocycles. The maximum atomic E-state index is 12.4. The van der Waals surface area contributed by atoms with E-state index in [1.807, 2.05) is 4.90 Å². The molecule has 0 aromatic rings. The lowest BCUT2D eigenvalue weighted by Gasteiger charge is -2.47. The fraction of sp³-hybridized carbons (Fsp3) is 0.857. The van der Waals surface area contributed by atoms with Gasteiger partial charge in [-0.1, -0.05) is 6.92 Å². The second kappa shape index (κ2) is 5.60. The van der Waals surface area contributed by atoms with Crippen molar-refractivity contribution < 1.29 is 14.7 Å². The largest absolute Gasteiger partial charge is 0.481 e. The van der Waals surface area contributed by atoms with Gasteiger partial charge >= 0.3 is 12.0 Å².